The minimum absolute atomic E-state index is 0.212. The lowest BCUT2D eigenvalue weighted by Crippen LogP contribution is -2.48. The van der Waals surface area contributed by atoms with Gasteiger partial charge in [-0.05, 0) is 49.7 Å². The number of carboxylic acid groups (broad SMARTS) is 1. The molecule has 0 aliphatic carbocycles. The normalized spacial score (nSPS) is 21.8. The summed E-state index contributed by atoms with van der Waals surface area (Å²) in [7, 11) is -3.80. The molecule has 6 nitrogen and oxygen atoms in total. The predicted octanol–water partition coefficient (Wildman–Crippen LogP) is 3.82. The number of epoxide rings is 1. The van der Waals surface area contributed by atoms with Gasteiger partial charge in [-0.15, -0.1) is 0 Å². The van der Waals surface area contributed by atoms with Gasteiger partial charge in [0.15, 0.2) is 0 Å². The molecule has 1 aromatic rings. The van der Waals surface area contributed by atoms with Gasteiger partial charge in [-0.3, -0.25) is 4.79 Å². The Bertz CT molecular complexity index is 847. The smallest absolute Gasteiger partial charge is 0.309 e. The van der Waals surface area contributed by atoms with Crippen molar-refractivity contribution in [1.29, 1.82) is 0 Å². The molecule has 2 N–H and O–H groups in total. The van der Waals surface area contributed by atoms with Crippen molar-refractivity contribution in [2.45, 2.75) is 85.0 Å². The van der Waals surface area contributed by atoms with Crippen molar-refractivity contribution < 1.29 is 23.1 Å². The summed E-state index contributed by atoms with van der Waals surface area (Å²) in [6.07, 6.45) is -0.450. The summed E-state index contributed by atoms with van der Waals surface area (Å²) < 4.78 is 35.2. The summed E-state index contributed by atoms with van der Waals surface area (Å²) in [4.78, 5) is 12.0. The van der Waals surface area contributed by atoms with Gasteiger partial charge in [-0.25, -0.2) is 13.1 Å². The Kier molecular flexibility index (Phi) is 6.87. The lowest BCUT2D eigenvalue weighted by atomic mass is 9.82. The highest BCUT2D eigenvalue weighted by molar-refractivity contribution is 7.89. The molecule has 0 amide bonds. The van der Waals surface area contributed by atoms with Crippen molar-refractivity contribution >= 4 is 16.0 Å². The molecule has 0 aromatic heterocycles. The Balaban J connectivity index is 2.33. The zero-order valence-electron chi connectivity index (χ0n) is 18.7. The molecule has 1 unspecified atom stereocenters. The van der Waals surface area contributed by atoms with E-state index in [9.17, 15) is 18.3 Å². The van der Waals surface area contributed by atoms with E-state index in [1.807, 2.05) is 53.7 Å². The maximum absolute atomic E-state index is 13.3. The maximum atomic E-state index is 13.3. The Morgan fingerprint density at radius 2 is 1.66 bits per heavy atom. The van der Waals surface area contributed by atoms with Crippen LogP contribution in [-0.2, 0) is 19.6 Å². The zero-order valence-corrected chi connectivity index (χ0v) is 19.6. The second-order valence-corrected chi connectivity index (χ2v) is 11.5. The van der Waals surface area contributed by atoms with Crippen LogP contribution in [-0.4, -0.2) is 37.7 Å². The van der Waals surface area contributed by atoms with E-state index in [4.69, 9.17) is 4.74 Å². The second kappa shape index (κ2) is 8.36. The first-order valence-corrected chi connectivity index (χ1v) is 11.6. The number of rotatable bonds is 8. The topological polar surface area (TPSA) is 96.0 Å². The van der Waals surface area contributed by atoms with Crippen LogP contribution in [0.25, 0.3) is 0 Å². The van der Waals surface area contributed by atoms with Crippen molar-refractivity contribution in [3.63, 3.8) is 0 Å². The third kappa shape index (κ3) is 5.58. The highest BCUT2D eigenvalue weighted by Crippen LogP contribution is 2.41. The molecule has 4 atom stereocenters. The van der Waals surface area contributed by atoms with Crippen molar-refractivity contribution in [2.24, 2.45) is 17.3 Å². The molecule has 1 aliphatic rings. The number of aryl methyl sites for hydroxylation is 3. The van der Waals surface area contributed by atoms with E-state index < -0.39 is 45.6 Å². The van der Waals surface area contributed by atoms with E-state index in [-0.39, 0.29) is 10.8 Å². The van der Waals surface area contributed by atoms with E-state index >= 15 is 0 Å². The van der Waals surface area contributed by atoms with Crippen molar-refractivity contribution in [3.8, 4) is 0 Å². The first kappa shape index (κ1) is 23.8. The van der Waals surface area contributed by atoms with Crippen molar-refractivity contribution in [1.82, 2.24) is 4.72 Å². The highest BCUT2D eigenvalue weighted by atomic mass is 32.2. The highest BCUT2D eigenvalue weighted by Gasteiger charge is 2.55. The van der Waals surface area contributed by atoms with Gasteiger partial charge in [-0.2, -0.15) is 0 Å². The second-order valence-electron chi connectivity index (χ2n) is 9.83. The van der Waals surface area contributed by atoms with Gasteiger partial charge in [0, 0.05) is 0 Å². The SMILES string of the molecule is Cc1cc(C)c(S(=O)(=O)NC([C@H]2O[C@@H]2[C@@H](CC(C)C)C(=O)O)C(C)(C)C)c(C)c1. The molecule has 1 aromatic carbocycles. The number of carboxylic acids is 1. The first-order valence-electron chi connectivity index (χ1n) is 10.1. The average molecular weight is 426 g/mol. The van der Waals surface area contributed by atoms with Crippen LogP contribution in [0.15, 0.2) is 17.0 Å². The van der Waals surface area contributed by atoms with Gasteiger partial charge >= 0.3 is 5.97 Å². The largest absolute Gasteiger partial charge is 0.481 e. The first-order chi connectivity index (χ1) is 13.1. The molecule has 7 heteroatoms. The summed E-state index contributed by atoms with van der Waals surface area (Å²) >= 11 is 0. The molecule has 1 saturated heterocycles. The standard InChI is InChI=1S/C22H35NO5S/c1-12(2)9-16(21(24)25)17-18(28-17)20(22(6,7)8)23-29(26,27)19-14(4)10-13(3)11-15(19)5/h10-12,16-18,20,23H,9H2,1-8H3,(H,24,25)/t16-,17-,18+,20?/m1/s1. The molecule has 29 heavy (non-hydrogen) atoms. The molecule has 0 spiro atoms. The van der Waals surface area contributed by atoms with Gasteiger partial charge in [0.25, 0.3) is 0 Å². The van der Waals surface area contributed by atoms with E-state index in [2.05, 4.69) is 4.72 Å². The third-order valence-electron chi connectivity index (χ3n) is 5.42. The number of nitrogens with one attached hydrogen (secondary N) is 1. The summed E-state index contributed by atoms with van der Waals surface area (Å²) in [6.45, 7) is 15.3. The predicted molar refractivity (Wildman–Crippen MR) is 113 cm³/mol. The molecule has 2 rings (SSSR count). The Morgan fingerprint density at radius 1 is 1.14 bits per heavy atom. The third-order valence-corrected chi connectivity index (χ3v) is 7.16. The van der Waals surface area contributed by atoms with Crippen LogP contribution >= 0.6 is 0 Å². The van der Waals surface area contributed by atoms with Crippen LogP contribution in [0.2, 0.25) is 0 Å². The quantitative estimate of drug-likeness (QED) is 0.617. The molecule has 1 heterocycles. The van der Waals surface area contributed by atoms with Crippen LogP contribution < -0.4 is 4.72 Å². The summed E-state index contributed by atoms with van der Waals surface area (Å²) in [5.41, 5.74) is 1.95. The van der Waals surface area contributed by atoms with Gasteiger partial charge in [0.1, 0.15) is 6.10 Å². The molecule has 0 radical (unpaired) electrons. The van der Waals surface area contributed by atoms with Crippen LogP contribution in [0, 0.1) is 38.0 Å². The lowest BCUT2D eigenvalue weighted by molar-refractivity contribution is -0.143. The Hall–Kier alpha value is -1.44. The molecule has 164 valence electrons. The number of aliphatic carboxylic acids is 1. The zero-order chi connectivity index (χ0) is 22.3. The minimum atomic E-state index is -3.80. The van der Waals surface area contributed by atoms with Gasteiger partial charge in [0.2, 0.25) is 10.0 Å². The fourth-order valence-electron chi connectivity index (χ4n) is 4.16. The Labute approximate surface area is 175 Å². The van der Waals surface area contributed by atoms with E-state index in [1.165, 1.54) is 0 Å². The number of sulfonamides is 1. The van der Waals surface area contributed by atoms with Crippen LogP contribution in [0.1, 0.15) is 57.7 Å². The van der Waals surface area contributed by atoms with E-state index in [0.29, 0.717) is 17.5 Å². The van der Waals surface area contributed by atoms with E-state index in [0.717, 1.165) is 5.56 Å². The van der Waals surface area contributed by atoms with E-state index in [1.54, 1.807) is 13.8 Å². The average Bonchev–Trinajstić information content (AvgIpc) is 3.27. The summed E-state index contributed by atoms with van der Waals surface area (Å²) in [5.74, 6) is -1.33. The van der Waals surface area contributed by atoms with Crippen molar-refractivity contribution in [2.75, 3.05) is 0 Å². The van der Waals surface area contributed by atoms with Crippen LogP contribution in [0.3, 0.4) is 0 Å². The monoisotopic (exact) mass is 425 g/mol. The molecule has 1 fully saturated rings. The fourth-order valence-corrected chi connectivity index (χ4v) is 6.07. The van der Waals surface area contributed by atoms with Crippen molar-refractivity contribution in [3.05, 3.63) is 28.8 Å². The van der Waals surface area contributed by atoms with Crippen LogP contribution in [0.4, 0.5) is 0 Å². The molecular formula is C22H35NO5S. The van der Waals surface area contributed by atoms with Gasteiger partial charge in [-0.1, -0.05) is 52.3 Å². The van der Waals surface area contributed by atoms with Crippen LogP contribution in [0.5, 0.6) is 0 Å². The number of benzene rings is 1. The molecule has 0 saturated carbocycles. The molecule has 0 bridgehead atoms. The summed E-state index contributed by atoms with van der Waals surface area (Å²) in [6, 6.07) is 3.17. The fraction of sp³-hybridized carbons (Fsp3) is 0.682. The van der Waals surface area contributed by atoms with Gasteiger partial charge < -0.3 is 9.84 Å². The number of hydrogen-bond acceptors (Lipinski definition) is 4. The lowest BCUT2D eigenvalue weighted by Gasteiger charge is -2.31. The Morgan fingerprint density at radius 3 is 2.07 bits per heavy atom. The van der Waals surface area contributed by atoms with Gasteiger partial charge in [0.05, 0.1) is 23.0 Å². The number of carbonyl (C=O) groups is 1. The summed E-state index contributed by atoms with van der Waals surface area (Å²) in [5, 5.41) is 9.63. The number of ether oxygens (including phenoxy) is 1. The maximum Gasteiger partial charge on any atom is 0.309 e. The minimum Gasteiger partial charge on any atom is -0.481 e. The molecular weight excluding hydrogens is 390 g/mol. The molecule has 1 aliphatic heterocycles. The number of hydrogen-bond donors (Lipinski definition) is 2.